The highest BCUT2D eigenvalue weighted by atomic mass is 32.2. The largest absolute Gasteiger partial charge is 0.323 e. The quantitative estimate of drug-likeness (QED) is 0.706. The van der Waals surface area contributed by atoms with Crippen molar-refractivity contribution in [2.45, 2.75) is 5.16 Å². The molecule has 0 radical (unpaired) electrons. The number of thioether (sulfide) groups is 1. The van der Waals surface area contributed by atoms with Gasteiger partial charge in [0.25, 0.3) is 5.56 Å². The Morgan fingerprint density at radius 1 is 1.43 bits per heavy atom. The maximum atomic E-state index is 13.5. The highest BCUT2D eigenvalue weighted by Gasteiger charge is 2.14. The molecule has 0 bridgehead atoms. The molecule has 2 heterocycles. The summed E-state index contributed by atoms with van der Waals surface area (Å²) in [6.45, 7) is 0. The Bertz CT molecular complexity index is 936. The van der Waals surface area contributed by atoms with Crippen LogP contribution in [-0.2, 0) is 11.8 Å². The zero-order chi connectivity index (χ0) is 16.4. The van der Waals surface area contributed by atoms with Crippen molar-refractivity contribution < 1.29 is 9.18 Å². The highest BCUT2D eigenvalue weighted by Crippen LogP contribution is 2.20. The predicted molar refractivity (Wildman–Crippen MR) is 84.9 cm³/mol. The number of hydrogen-bond donors (Lipinski definition) is 2. The number of carbonyl (C=O) groups is 1. The van der Waals surface area contributed by atoms with Gasteiger partial charge in [-0.1, -0.05) is 23.9 Å². The third-order valence-corrected chi connectivity index (χ3v) is 4.13. The van der Waals surface area contributed by atoms with E-state index in [9.17, 15) is 14.0 Å². The normalized spacial score (nSPS) is 10.9. The van der Waals surface area contributed by atoms with E-state index in [1.165, 1.54) is 18.5 Å². The molecular weight excluding hydrogens is 321 g/mol. The summed E-state index contributed by atoms with van der Waals surface area (Å²) in [5.74, 6) is -0.831. The van der Waals surface area contributed by atoms with Crippen LogP contribution in [0.25, 0.3) is 11.2 Å². The molecule has 1 aromatic carbocycles. The van der Waals surface area contributed by atoms with E-state index in [1.54, 1.807) is 23.7 Å². The molecule has 0 aliphatic heterocycles. The average Bonchev–Trinajstić information content (AvgIpc) is 2.86. The Kier molecular flexibility index (Phi) is 4.11. The molecule has 23 heavy (non-hydrogen) atoms. The Balaban J connectivity index is 1.72. The van der Waals surface area contributed by atoms with Crippen LogP contribution in [0.2, 0.25) is 0 Å². The second kappa shape index (κ2) is 6.21. The minimum Gasteiger partial charge on any atom is -0.323 e. The summed E-state index contributed by atoms with van der Waals surface area (Å²) in [4.78, 5) is 34.2. The number of benzene rings is 1. The summed E-state index contributed by atoms with van der Waals surface area (Å²) in [5.41, 5.74) is 0.437. The molecule has 2 N–H and O–H groups in total. The fourth-order valence-electron chi connectivity index (χ4n) is 2.00. The molecule has 0 atom stereocenters. The van der Waals surface area contributed by atoms with Crippen molar-refractivity contribution in [3.63, 3.8) is 0 Å². The lowest BCUT2D eigenvalue weighted by Crippen LogP contribution is -2.15. The van der Waals surface area contributed by atoms with E-state index >= 15 is 0 Å². The topological polar surface area (TPSA) is 92.7 Å². The molecule has 118 valence electrons. The van der Waals surface area contributed by atoms with Gasteiger partial charge < -0.3 is 14.9 Å². The lowest BCUT2D eigenvalue weighted by molar-refractivity contribution is -0.113. The van der Waals surface area contributed by atoms with Gasteiger partial charge in [-0.25, -0.2) is 14.4 Å². The third-order valence-electron chi connectivity index (χ3n) is 3.10. The number of halogens is 1. The molecule has 2 aromatic heterocycles. The number of aromatic nitrogens is 4. The number of amides is 1. The highest BCUT2D eigenvalue weighted by molar-refractivity contribution is 7.99. The standard InChI is InChI=1S/C14H12FN5O2S/c1-20-12-11(13(22)17-7-16-12)19-14(20)23-6-10(21)18-9-5-3-2-4-8(9)15/h2-5,7H,6H2,1H3,(H,18,21)(H,16,17,22). The van der Waals surface area contributed by atoms with E-state index in [4.69, 9.17) is 0 Å². The second-order valence-corrected chi connectivity index (χ2v) is 5.62. The fourth-order valence-corrected chi connectivity index (χ4v) is 2.77. The van der Waals surface area contributed by atoms with Crippen LogP contribution in [-0.4, -0.2) is 31.2 Å². The van der Waals surface area contributed by atoms with Crippen LogP contribution in [0.15, 0.2) is 40.5 Å². The molecule has 0 aliphatic rings. The number of nitrogens with zero attached hydrogens (tertiary/aromatic N) is 3. The molecule has 0 fully saturated rings. The predicted octanol–water partition coefficient (Wildman–Crippen LogP) is 1.53. The van der Waals surface area contributed by atoms with Crippen molar-refractivity contribution in [1.82, 2.24) is 19.5 Å². The summed E-state index contributed by atoms with van der Waals surface area (Å²) < 4.78 is 15.1. The molecule has 9 heteroatoms. The number of nitrogens with one attached hydrogen (secondary N) is 2. The Morgan fingerprint density at radius 2 is 2.22 bits per heavy atom. The number of fused-ring (bicyclic) bond motifs is 1. The molecule has 1 amide bonds. The van der Waals surface area contributed by atoms with Crippen LogP contribution in [0.1, 0.15) is 0 Å². The van der Waals surface area contributed by atoms with Crippen LogP contribution in [0.3, 0.4) is 0 Å². The number of hydrogen-bond acceptors (Lipinski definition) is 5. The Morgan fingerprint density at radius 3 is 2.96 bits per heavy atom. The lowest BCUT2D eigenvalue weighted by Gasteiger charge is -2.05. The van der Waals surface area contributed by atoms with E-state index in [0.717, 1.165) is 11.8 Å². The summed E-state index contributed by atoms with van der Waals surface area (Å²) in [6.07, 6.45) is 1.30. The van der Waals surface area contributed by atoms with Crippen LogP contribution >= 0.6 is 11.8 Å². The molecule has 0 spiro atoms. The number of para-hydroxylation sites is 1. The number of anilines is 1. The van der Waals surface area contributed by atoms with Crippen LogP contribution in [0, 0.1) is 5.82 Å². The molecule has 7 nitrogen and oxygen atoms in total. The first-order valence-electron chi connectivity index (χ1n) is 6.63. The van der Waals surface area contributed by atoms with E-state index in [-0.39, 0.29) is 28.4 Å². The van der Waals surface area contributed by atoms with Crippen molar-refractivity contribution in [2.24, 2.45) is 7.05 Å². The SMILES string of the molecule is Cn1c(SCC(=O)Nc2ccccc2F)nc2c(=O)[nH]cnc21. The van der Waals surface area contributed by atoms with Gasteiger partial charge in [0.1, 0.15) is 5.82 Å². The minimum atomic E-state index is -0.496. The van der Waals surface area contributed by atoms with Crippen molar-refractivity contribution in [3.8, 4) is 0 Å². The zero-order valence-corrected chi connectivity index (χ0v) is 12.9. The first-order chi connectivity index (χ1) is 11.1. The molecule has 0 saturated carbocycles. The van der Waals surface area contributed by atoms with E-state index in [0.29, 0.717) is 10.8 Å². The molecule has 3 rings (SSSR count). The van der Waals surface area contributed by atoms with Crippen LogP contribution < -0.4 is 10.9 Å². The number of rotatable bonds is 4. The van der Waals surface area contributed by atoms with Gasteiger partial charge in [0, 0.05) is 7.05 Å². The second-order valence-electron chi connectivity index (χ2n) is 4.67. The first kappa shape index (κ1) is 15.2. The van der Waals surface area contributed by atoms with Gasteiger partial charge in [0.15, 0.2) is 16.3 Å². The minimum absolute atomic E-state index is 0.0312. The van der Waals surface area contributed by atoms with Crippen molar-refractivity contribution in [2.75, 3.05) is 11.1 Å². The van der Waals surface area contributed by atoms with Gasteiger partial charge in [0.2, 0.25) is 5.91 Å². The van der Waals surface area contributed by atoms with Gasteiger partial charge in [0.05, 0.1) is 17.8 Å². The van der Waals surface area contributed by atoms with Gasteiger partial charge in [-0.3, -0.25) is 9.59 Å². The number of H-pyrrole nitrogens is 1. The monoisotopic (exact) mass is 333 g/mol. The average molecular weight is 333 g/mol. The first-order valence-corrected chi connectivity index (χ1v) is 7.62. The van der Waals surface area contributed by atoms with Crippen LogP contribution in [0.5, 0.6) is 0 Å². The zero-order valence-electron chi connectivity index (χ0n) is 12.0. The molecule has 3 aromatic rings. The number of imidazole rings is 1. The molecule has 0 aliphatic carbocycles. The Labute approximate surface area is 134 Å². The number of aromatic amines is 1. The van der Waals surface area contributed by atoms with E-state index < -0.39 is 5.82 Å². The van der Waals surface area contributed by atoms with Crippen LogP contribution in [0.4, 0.5) is 10.1 Å². The summed E-state index contributed by atoms with van der Waals surface area (Å²) in [5, 5.41) is 2.97. The lowest BCUT2D eigenvalue weighted by atomic mass is 10.3. The smallest absolute Gasteiger partial charge is 0.278 e. The Hall–Kier alpha value is -2.68. The number of carbonyl (C=O) groups excluding carboxylic acids is 1. The molecule has 0 unspecified atom stereocenters. The summed E-state index contributed by atoms with van der Waals surface area (Å²) in [6, 6.07) is 5.93. The van der Waals surface area contributed by atoms with Gasteiger partial charge in [-0.2, -0.15) is 0 Å². The summed E-state index contributed by atoms with van der Waals surface area (Å²) >= 11 is 1.14. The molecular formula is C14H12FN5O2S. The number of aryl methyl sites for hydroxylation is 1. The third kappa shape index (κ3) is 3.09. The van der Waals surface area contributed by atoms with Crippen molar-refractivity contribution >= 4 is 34.5 Å². The van der Waals surface area contributed by atoms with Crippen molar-refractivity contribution in [3.05, 3.63) is 46.8 Å². The maximum Gasteiger partial charge on any atom is 0.278 e. The summed E-state index contributed by atoms with van der Waals surface area (Å²) in [7, 11) is 1.71. The van der Waals surface area contributed by atoms with Gasteiger partial charge in [-0.05, 0) is 12.1 Å². The van der Waals surface area contributed by atoms with E-state index in [2.05, 4.69) is 20.3 Å². The maximum absolute atomic E-state index is 13.5. The fraction of sp³-hybridized carbons (Fsp3) is 0.143. The van der Waals surface area contributed by atoms with Crippen molar-refractivity contribution in [1.29, 1.82) is 0 Å². The van der Waals surface area contributed by atoms with E-state index in [1.807, 2.05) is 0 Å². The molecule has 0 saturated heterocycles. The van der Waals surface area contributed by atoms with Gasteiger partial charge >= 0.3 is 0 Å². The van der Waals surface area contributed by atoms with Gasteiger partial charge in [-0.15, -0.1) is 0 Å².